The molecule has 0 spiro atoms. The number of rotatable bonds is 3. The van der Waals surface area contributed by atoms with Gasteiger partial charge in [0.05, 0.1) is 6.61 Å². The number of esters is 1. The van der Waals surface area contributed by atoms with Crippen LogP contribution in [0.25, 0.3) is 0 Å². The largest absolute Gasteiger partial charge is 0.463 e. The average molecular weight is 339 g/mol. The molecule has 1 heterocycles. The fourth-order valence-corrected chi connectivity index (χ4v) is 2.54. The molecule has 1 aliphatic heterocycles. The number of carbonyl (C=O) groups excluding carboxylic acids is 1. The Hall–Kier alpha value is -1.09. The SMILES string of the molecule is CC/C=C\CCO.O=C1/C=C/CCCCCCCCCCCCO1. The van der Waals surface area contributed by atoms with Gasteiger partial charge in [0, 0.05) is 12.7 Å². The van der Waals surface area contributed by atoms with Gasteiger partial charge >= 0.3 is 5.97 Å². The predicted octanol–water partition coefficient (Wildman–Crippen LogP) is 5.73. The van der Waals surface area contributed by atoms with Crippen molar-refractivity contribution < 1.29 is 14.6 Å². The molecule has 3 heteroatoms. The van der Waals surface area contributed by atoms with Crippen molar-refractivity contribution in [3.05, 3.63) is 24.3 Å². The summed E-state index contributed by atoms with van der Waals surface area (Å²) in [6.07, 6.45) is 23.3. The fourth-order valence-electron chi connectivity index (χ4n) is 2.54. The second-order valence-corrected chi connectivity index (χ2v) is 6.29. The molecule has 0 amide bonds. The number of hydrogen-bond donors (Lipinski definition) is 1. The third-order valence-electron chi connectivity index (χ3n) is 3.96. The Balaban J connectivity index is 0.000000640. The molecular formula is C21H38O3. The maximum Gasteiger partial charge on any atom is 0.330 e. The summed E-state index contributed by atoms with van der Waals surface area (Å²) in [5.41, 5.74) is 0. The van der Waals surface area contributed by atoms with Gasteiger partial charge in [-0.1, -0.05) is 76.5 Å². The second kappa shape index (κ2) is 20.0. The number of hydrogen-bond acceptors (Lipinski definition) is 3. The molecule has 3 nitrogen and oxygen atoms in total. The summed E-state index contributed by atoms with van der Waals surface area (Å²) in [6.45, 7) is 2.94. The number of ether oxygens (including phenoxy) is 1. The van der Waals surface area contributed by atoms with E-state index in [2.05, 4.69) is 13.0 Å². The smallest absolute Gasteiger partial charge is 0.330 e. The van der Waals surface area contributed by atoms with Gasteiger partial charge in [0.1, 0.15) is 0 Å². The second-order valence-electron chi connectivity index (χ2n) is 6.29. The fraction of sp³-hybridized carbons (Fsp3) is 0.762. The van der Waals surface area contributed by atoms with Crippen LogP contribution in [0.2, 0.25) is 0 Å². The van der Waals surface area contributed by atoms with Crippen LogP contribution in [0.4, 0.5) is 0 Å². The molecule has 0 aromatic rings. The van der Waals surface area contributed by atoms with Crippen molar-refractivity contribution in [3.63, 3.8) is 0 Å². The van der Waals surface area contributed by atoms with Crippen LogP contribution in [-0.4, -0.2) is 24.3 Å². The first-order valence-electron chi connectivity index (χ1n) is 9.90. The Kier molecular flexibility index (Phi) is 19.0. The lowest BCUT2D eigenvalue weighted by Crippen LogP contribution is -2.02. The van der Waals surface area contributed by atoms with E-state index in [0.29, 0.717) is 6.61 Å². The van der Waals surface area contributed by atoms with Crippen molar-refractivity contribution in [2.75, 3.05) is 13.2 Å². The molecule has 0 bridgehead atoms. The van der Waals surface area contributed by atoms with E-state index in [4.69, 9.17) is 9.84 Å². The van der Waals surface area contributed by atoms with E-state index in [-0.39, 0.29) is 12.6 Å². The molecule has 140 valence electrons. The van der Waals surface area contributed by atoms with E-state index in [0.717, 1.165) is 25.7 Å². The third-order valence-corrected chi connectivity index (χ3v) is 3.96. The molecule has 0 fully saturated rings. The highest BCUT2D eigenvalue weighted by atomic mass is 16.5. The number of aliphatic hydroxyl groups is 1. The van der Waals surface area contributed by atoms with E-state index in [9.17, 15) is 4.79 Å². The molecule has 1 N–H and O–H groups in total. The van der Waals surface area contributed by atoms with Crippen LogP contribution in [0.1, 0.15) is 90.4 Å². The highest BCUT2D eigenvalue weighted by molar-refractivity contribution is 5.81. The van der Waals surface area contributed by atoms with Crippen molar-refractivity contribution in [3.8, 4) is 0 Å². The third kappa shape index (κ3) is 19.0. The first-order chi connectivity index (χ1) is 11.8. The maximum absolute atomic E-state index is 11.3. The summed E-state index contributed by atoms with van der Waals surface area (Å²) in [5, 5.41) is 8.24. The van der Waals surface area contributed by atoms with Gasteiger partial charge < -0.3 is 9.84 Å². The van der Waals surface area contributed by atoms with Gasteiger partial charge in [-0.3, -0.25) is 0 Å². The van der Waals surface area contributed by atoms with E-state index in [1.54, 1.807) is 6.08 Å². The molecule has 0 saturated carbocycles. The lowest BCUT2D eigenvalue weighted by molar-refractivity contribution is -0.137. The molecule has 0 atom stereocenters. The summed E-state index contributed by atoms with van der Waals surface area (Å²) in [6, 6.07) is 0. The van der Waals surface area contributed by atoms with Crippen LogP contribution < -0.4 is 0 Å². The van der Waals surface area contributed by atoms with E-state index in [1.807, 2.05) is 12.2 Å². The number of carbonyl (C=O) groups is 1. The molecule has 24 heavy (non-hydrogen) atoms. The van der Waals surface area contributed by atoms with Gasteiger partial charge in [0.25, 0.3) is 0 Å². The molecule has 0 radical (unpaired) electrons. The predicted molar refractivity (Wildman–Crippen MR) is 102 cm³/mol. The minimum Gasteiger partial charge on any atom is -0.463 e. The Morgan fingerprint density at radius 3 is 2.12 bits per heavy atom. The Bertz CT molecular complexity index is 321. The molecule has 0 saturated heterocycles. The lowest BCUT2D eigenvalue weighted by Gasteiger charge is -2.04. The van der Waals surface area contributed by atoms with Gasteiger partial charge in [-0.15, -0.1) is 0 Å². The van der Waals surface area contributed by atoms with Gasteiger partial charge in [-0.05, 0) is 32.1 Å². The average Bonchev–Trinajstić information content (AvgIpc) is 2.58. The highest BCUT2D eigenvalue weighted by Crippen LogP contribution is 2.12. The first-order valence-corrected chi connectivity index (χ1v) is 9.90. The van der Waals surface area contributed by atoms with Gasteiger partial charge in [-0.2, -0.15) is 0 Å². The van der Waals surface area contributed by atoms with Crippen LogP contribution in [0, 0.1) is 0 Å². The monoisotopic (exact) mass is 338 g/mol. The Labute approximate surface area is 149 Å². The quantitative estimate of drug-likeness (QED) is 0.528. The summed E-state index contributed by atoms with van der Waals surface area (Å²) in [7, 11) is 0. The number of cyclic esters (lactones) is 1. The maximum atomic E-state index is 11.3. The summed E-state index contributed by atoms with van der Waals surface area (Å²) in [4.78, 5) is 11.3. The van der Waals surface area contributed by atoms with Crippen molar-refractivity contribution in [1.29, 1.82) is 0 Å². The molecule has 0 aliphatic carbocycles. The number of allylic oxidation sites excluding steroid dienone is 2. The van der Waals surface area contributed by atoms with E-state index in [1.165, 1.54) is 57.8 Å². The molecule has 0 aromatic heterocycles. The van der Waals surface area contributed by atoms with Crippen LogP contribution in [-0.2, 0) is 9.53 Å². The van der Waals surface area contributed by atoms with Gasteiger partial charge in [-0.25, -0.2) is 4.79 Å². The molecule has 1 rings (SSSR count). The minimum atomic E-state index is -0.169. The minimum absolute atomic E-state index is 0.169. The molecule has 1 aliphatic rings. The van der Waals surface area contributed by atoms with Crippen molar-refractivity contribution in [1.82, 2.24) is 0 Å². The highest BCUT2D eigenvalue weighted by Gasteiger charge is 1.98. The van der Waals surface area contributed by atoms with Crippen LogP contribution in [0.5, 0.6) is 0 Å². The topological polar surface area (TPSA) is 46.5 Å². The molecular weight excluding hydrogens is 300 g/mol. The standard InChI is InChI=1S/C15H26O2.C6H12O/c16-15-13-11-9-7-5-3-1-2-4-6-8-10-12-14-17-15;1-2-3-4-5-6-7/h11,13H,1-10,12,14H2;3-4,7H,2,5-6H2,1H3/b13-11+;4-3-. The number of aliphatic hydroxyl groups excluding tert-OH is 1. The van der Waals surface area contributed by atoms with Crippen molar-refractivity contribution in [2.45, 2.75) is 90.4 Å². The summed E-state index contributed by atoms with van der Waals surface area (Å²) >= 11 is 0. The van der Waals surface area contributed by atoms with Gasteiger partial charge in [0.15, 0.2) is 0 Å². The van der Waals surface area contributed by atoms with Crippen LogP contribution >= 0.6 is 0 Å². The Morgan fingerprint density at radius 1 is 0.958 bits per heavy atom. The lowest BCUT2D eigenvalue weighted by atomic mass is 10.1. The van der Waals surface area contributed by atoms with Crippen LogP contribution in [0.15, 0.2) is 24.3 Å². The first kappa shape index (κ1) is 22.9. The Morgan fingerprint density at radius 2 is 1.54 bits per heavy atom. The van der Waals surface area contributed by atoms with Crippen LogP contribution in [0.3, 0.4) is 0 Å². The van der Waals surface area contributed by atoms with Gasteiger partial charge in [0.2, 0.25) is 0 Å². The zero-order valence-corrected chi connectivity index (χ0v) is 15.7. The van der Waals surface area contributed by atoms with Crippen molar-refractivity contribution in [2.24, 2.45) is 0 Å². The molecule has 0 unspecified atom stereocenters. The zero-order valence-electron chi connectivity index (χ0n) is 15.7. The zero-order chi connectivity index (χ0) is 17.7. The normalized spacial score (nSPS) is 20.0. The van der Waals surface area contributed by atoms with E-state index >= 15 is 0 Å². The summed E-state index contributed by atoms with van der Waals surface area (Å²) < 4.78 is 5.12. The summed E-state index contributed by atoms with van der Waals surface area (Å²) in [5.74, 6) is -0.169. The van der Waals surface area contributed by atoms with E-state index < -0.39 is 0 Å². The van der Waals surface area contributed by atoms with Crippen molar-refractivity contribution >= 4 is 5.97 Å². The molecule has 0 aromatic carbocycles.